The van der Waals surface area contributed by atoms with Crippen LogP contribution in [0.5, 0.6) is 0 Å². The van der Waals surface area contributed by atoms with Gasteiger partial charge in [-0.3, -0.25) is 0 Å². The Morgan fingerprint density at radius 2 is 2.00 bits per heavy atom. The molecule has 0 radical (unpaired) electrons. The van der Waals surface area contributed by atoms with Crippen LogP contribution in [-0.2, 0) is 0 Å². The first-order valence-corrected chi connectivity index (χ1v) is 4.66. The molecule has 2 atom stereocenters. The van der Waals surface area contributed by atoms with E-state index in [1.807, 2.05) is 24.3 Å². The fraction of sp³-hybridized carbons (Fsp3) is 0.200. The van der Waals surface area contributed by atoms with Crippen LogP contribution >= 0.6 is 0 Å². The van der Waals surface area contributed by atoms with E-state index >= 15 is 0 Å². The van der Waals surface area contributed by atoms with Crippen LogP contribution in [0.4, 0.5) is 5.69 Å². The number of furan rings is 1. The number of para-hydroxylation sites is 1. The molecule has 0 saturated carbocycles. The summed E-state index contributed by atoms with van der Waals surface area (Å²) in [6, 6.07) is 7.41. The third-order valence-corrected chi connectivity index (χ3v) is 2.47. The van der Waals surface area contributed by atoms with E-state index < -0.39 is 12.6 Å². The van der Waals surface area contributed by atoms with E-state index in [0.717, 1.165) is 5.39 Å². The lowest BCUT2D eigenvalue weighted by Gasteiger charge is -2.24. The van der Waals surface area contributed by atoms with Gasteiger partial charge in [0.15, 0.2) is 18.3 Å². The molecule has 0 bridgehead atoms. The van der Waals surface area contributed by atoms with E-state index in [1.54, 1.807) is 0 Å². The van der Waals surface area contributed by atoms with E-state index in [2.05, 4.69) is 10.6 Å². The molecule has 1 aliphatic heterocycles. The Balaban J connectivity index is 2.27. The normalized spacial score (nSPS) is 24.9. The average Bonchev–Trinajstić information content (AvgIpc) is 2.57. The van der Waals surface area contributed by atoms with Gasteiger partial charge < -0.3 is 19.9 Å². The summed E-state index contributed by atoms with van der Waals surface area (Å²) >= 11 is 0. The molecular formula is C10H10N2O3. The van der Waals surface area contributed by atoms with Crippen LogP contribution in [0.25, 0.3) is 11.0 Å². The summed E-state index contributed by atoms with van der Waals surface area (Å²) in [5.74, 6) is 0.404. The molecule has 15 heavy (non-hydrogen) atoms. The molecular weight excluding hydrogens is 196 g/mol. The second-order valence-electron chi connectivity index (χ2n) is 3.45. The first-order chi connectivity index (χ1) is 7.25. The molecule has 0 saturated heterocycles. The van der Waals surface area contributed by atoms with Crippen molar-refractivity contribution >= 4 is 16.7 Å². The third-order valence-electron chi connectivity index (χ3n) is 2.47. The van der Waals surface area contributed by atoms with Crippen LogP contribution in [0.1, 0.15) is 12.0 Å². The highest BCUT2D eigenvalue weighted by Crippen LogP contribution is 2.36. The maximum absolute atomic E-state index is 9.63. The van der Waals surface area contributed by atoms with Gasteiger partial charge in [-0.15, -0.1) is 0 Å². The Morgan fingerprint density at radius 3 is 2.87 bits per heavy atom. The lowest BCUT2D eigenvalue weighted by molar-refractivity contribution is 0.0357. The monoisotopic (exact) mass is 206 g/mol. The highest BCUT2D eigenvalue weighted by atomic mass is 16.4. The number of aliphatic hydroxyl groups is 2. The third kappa shape index (κ3) is 1.21. The number of hydrogen-bond acceptors (Lipinski definition) is 5. The summed E-state index contributed by atoms with van der Waals surface area (Å²) in [5.41, 5.74) is 1.33. The van der Waals surface area contributed by atoms with Crippen molar-refractivity contribution in [3.8, 4) is 0 Å². The maximum Gasteiger partial charge on any atom is 0.183 e. The predicted octanol–water partition coefficient (Wildman–Crippen LogP) is 0.715. The summed E-state index contributed by atoms with van der Waals surface area (Å²) < 4.78 is 5.46. The van der Waals surface area contributed by atoms with Crippen LogP contribution in [-0.4, -0.2) is 16.6 Å². The SMILES string of the molecule is OC1Nc2c(oc3ccccc23)C(O)N1. The molecule has 2 unspecified atom stereocenters. The van der Waals surface area contributed by atoms with Gasteiger partial charge in [-0.2, -0.15) is 0 Å². The van der Waals surface area contributed by atoms with E-state index in [-0.39, 0.29) is 0 Å². The van der Waals surface area contributed by atoms with Crippen LogP contribution in [0.15, 0.2) is 28.7 Å². The maximum atomic E-state index is 9.63. The predicted molar refractivity (Wildman–Crippen MR) is 53.9 cm³/mol. The van der Waals surface area contributed by atoms with Crippen molar-refractivity contribution in [1.82, 2.24) is 5.32 Å². The van der Waals surface area contributed by atoms with Crippen LogP contribution in [0.3, 0.4) is 0 Å². The second-order valence-corrected chi connectivity index (χ2v) is 3.45. The lowest BCUT2D eigenvalue weighted by Crippen LogP contribution is -2.42. The topological polar surface area (TPSA) is 77.7 Å². The van der Waals surface area contributed by atoms with E-state index in [1.165, 1.54) is 0 Å². The number of aliphatic hydroxyl groups excluding tert-OH is 2. The van der Waals surface area contributed by atoms with Crippen molar-refractivity contribution in [2.45, 2.75) is 12.6 Å². The summed E-state index contributed by atoms with van der Waals surface area (Å²) in [5, 5.41) is 25.2. The van der Waals surface area contributed by atoms with Crippen molar-refractivity contribution in [2.75, 3.05) is 5.32 Å². The van der Waals surface area contributed by atoms with Crippen LogP contribution in [0, 0.1) is 0 Å². The Morgan fingerprint density at radius 1 is 1.20 bits per heavy atom. The zero-order valence-corrected chi connectivity index (χ0v) is 7.77. The van der Waals surface area contributed by atoms with Gasteiger partial charge in [0.2, 0.25) is 0 Å². The lowest BCUT2D eigenvalue weighted by atomic mass is 10.2. The molecule has 0 amide bonds. The smallest absolute Gasteiger partial charge is 0.183 e. The zero-order valence-electron chi connectivity index (χ0n) is 7.77. The molecule has 4 N–H and O–H groups in total. The van der Waals surface area contributed by atoms with E-state index in [0.29, 0.717) is 17.0 Å². The second kappa shape index (κ2) is 2.96. The number of hydrogen-bond donors (Lipinski definition) is 4. The summed E-state index contributed by atoms with van der Waals surface area (Å²) in [4.78, 5) is 0. The Bertz CT molecular complexity index is 508. The van der Waals surface area contributed by atoms with Crippen molar-refractivity contribution in [1.29, 1.82) is 0 Å². The van der Waals surface area contributed by atoms with Gasteiger partial charge >= 0.3 is 0 Å². The van der Waals surface area contributed by atoms with Gasteiger partial charge in [0.25, 0.3) is 0 Å². The molecule has 0 spiro atoms. The van der Waals surface area contributed by atoms with E-state index in [4.69, 9.17) is 4.42 Å². The van der Waals surface area contributed by atoms with Crippen molar-refractivity contribution in [3.63, 3.8) is 0 Å². The average molecular weight is 206 g/mol. The molecule has 2 heterocycles. The molecule has 2 aromatic rings. The molecule has 5 heteroatoms. The number of anilines is 1. The minimum absolute atomic E-state index is 0.404. The number of fused-ring (bicyclic) bond motifs is 3. The number of benzene rings is 1. The van der Waals surface area contributed by atoms with Gasteiger partial charge in [-0.05, 0) is 12.1 Å². The minimum atomic E-state index is -0.983. The van der Waals surface area contributed by atoms with Crippen LogP contribution < -0.4 is 10.6 Å². The molecule has 3 rings (SSSR count). The van der Waals surface area contributed by atoms with Gasteiger partial charge in [-0.1, -0.05) is 12.1 Å². The Kier molecular flexibility index (Phi) is 1.72. The minimum Gasteiger partial charge on any atom is -0.455 e. The fourth-order valence-electron chi connectivity index (χ4n) is 1.81. The van der Waals surface area contributed by atoms with Crippen molar-refractivity contribution in [2.24, 2.45) is 0 Å². The number of rotatable bonds is 0. The fourth-order valence-corrected chi connectivity index (χ4v) is 1.81. The first-order valence-electron chi connectivity index (χ1n) is 4.66. The molecule has 1 aromatic heterocycles. The quantitative estimate of drug-likeness (QED) is 0.510. The van der Waals surface area contributed by atoms with Gasteiger partial charge in [0, 0.05) is 5.39 Å². The standard InChI is InChI=1S/C10H10N2O3/c13-9-8-7(11-10(14)12-9)5-3-1-2-4-6(5)15-8/h1-4,9-14H. The van der Waals surface area contributed by atoms with Crippen molar-refractivity contribution < 1.29 is 14.6 Å². The zero-order chi connectivity index (χ0) is 10.4. The first kappa shape index (κ1) is 8.72. The Labute approximate surface area is 85.3 Å². The molecule has 0 fully saturated rings. The highest BCUT2D eigenvalue weighted by Gasteiger charge is 2.28. The molecule has 1 aromatic carbocycles. The van der Waals surface area contributed by atoms with Gasteiger partial charge in [0.05, 0.1) is 5.69 Å². The molecule has 1 aliphatic rings. The Hall–Kier alpha value is -1.56. The summed E-state index contributed by atoms with van der Waals surface area (Å²) in [6.07, 6.45) is -1.95. The highest BCUT2D eigenvalue weighted by molar-refractivity contribution is 5.92. The molecule has 0 aliphatic carbocycles. The van der Waals surface area contributed by atoms with E-state index in [9.17, 15) is 10.2 Å². The van der Waals surface area contributed by atoms with Crippen molar-refractivity contribution in [3.05, 3.63) is 30.0 Å². The summed E-state index contributed by atoms with van der Waals surface area (Å²) in [6.45, 7) is 0. The van der Waals surface area contributed by atoms with Gasteiger partial charge in [0.1, 0.15) is 5.58 Å². The molecule has 5 nitrogen and oxygen atoms in total. The summed E-state index contributed by atoms with van der Waals surface area (Å²) in [7, 11) is 0. The van der Waals surface area contributed by atoms with Gasteiger partial charge in [-0.25, -0.2) is 5.32 Å². The largest absolute Gasteiger partial charge is 0.455 e. The molecule has 78 valence electrons. The number of nitrogens with one attached hydrogen (secondary N) is 2. The van der Waals surface area contributed by atoms with Crippen LogP contribution in [0.2, 0.25) is 0 Å².